The van der Waals surface area contributed by atoms with E-state index in [1.165, 1.54) is 0 Å². The Morgan fingerprint density at radius 1 is 1.15 bits per heavy atom. The SMILES string of the molecule is COCC1(C)Cc2c(Oc3ccc(S(=O)(=O)C4CC4)cc3)cc(C(=O)OC(C)(C)C)cc2O1. The van der Waals surface area contributed by atoms with Gasteiger partial charge < -0.3 is 18.9 Å². The van der Waals surface area contributed by atoms with Crippen LogP contribution in [0.5, 0.6) is 17.2 Å². The summed E-state index contributed by atoms with van der Waals surface area (Å²) in [5.74, 6) is 0.991. The molecule has 2 aromatic carbocycles. The molecule has 0 amide bonds. The lowest BCUT2D eigenvalue weighted by atomic mass is 9.98. The number of ether oxygens (including phenoxy) is 4. The van der Waals surface area contributed by atoms with Gasteiger partial charge in [-0.3, -0.25) is 0 Å². The van der Waals surface area contributed by atoms with Gasteiger partial charge in [0.1, 0.15) is 28.5 Å². The van der Waals surface area contributed by atoms with Gasteiger partial charge >= 0.3 is 5.97 Å². The van der Waals surface area contributed by atoms with Crippen molar-refractivity contribution in [3.8, 4) is 17.2 Å². The van der Waals surface area contributed by atoms with Crippen molar-refractivity contribution in [3.63, 3.8) is 0 Å². The van der Waals surface area contributed by atoms with Gasteiger partial charge in [-0.25, -0.2) is 13.2 Å². The number of hydrogen-bond acceptors (Lipinski definition) is 7. The van der Waals surface area contributed by atoms with Crippen molar-refractivity contribution in [2.24, 2.45) is 0 Å². The molecule has 1 heterocycles. The molecule has 0 saturated heterocycles. The summed E-state index contributed by atoms with van der Waals surface area (Å²) < 4.78 is 48.0. The van der Waals surface area contributed by atoms with Crippen LogP contribution in [0.1, 0.15) is 56.5 Å². The van der Waals surface area contributed by atoms with Gasteiger partial charge in [-0.2, -0.15) is 0 Å². The van der Waals surface area contributed by atoms with Crippen LogP contribution in [0.15, 0.2) is 41.3 Å². The van der Waals surface area contributed by atoms with E-state index in [4.69, 9.17) is 18.9 Å². The minimum Gasteiger partial charge on any atom is -0.484 e. The third-order valence-electron chi connectivity index (χ3n) is 5.50. The second-order valence-corrected chi connectivity index (χ2v) is 12.2. The van der Waals surface area contributed by atoms with Crippen molar-refractivity contribution in [2.45, 2.75) is 68.3 Å². The lowest BCUT2D eigenvalue weighted by Gasteiger charge is -2.22. The summed E-state index contributed by atoms with van der Waals surface area (Å²) in [5, 5.41) is -0.270. The van der Waals surface area contributed by atoms with E-state index in [0.717, 1.165) is 5.56 Å². The summed E-state index contributed by atoms with van der Waals surface area (Å²) in [6.45, 7) is 7.72. The van der Waals surface area contributed by atoms with Crippen LogP contribution in [-0.4, -0.2) is 44.6 Å². The first-order valence-corrected chi connectivity index (χ1v) is 12.5. The fourth-order valence-corrected chi connectivity index (χ4v) is 5.54. The Labute approximate surface area is 194 Å². The van der Waals surface area contributed by atoms with Crippen molar-refractivity contribution in [3.05, 3.63) is 47.5 Å². The quantitative estimate of drug-likeness (QED) is 0.537. The van der Waals surface area contributed by atoms with E-state index in [0.29, 0.717) is 53.6 Å². The van der Waals surface area contributed by atoms with E-state index in [9.17, 15) is 13.2 Å². The van der Waals surface area contributed by atoms with E-state index in [-0.39, 0.29) is 5.25 Å². The van der Waals surface area contributed by atoms with Gasteiger partial charge in [-0.05, 0) is 76.9 Å². The molecule has 0 bridgehead atoms. The summed E-state index contributed by atoms with van der Waals surface area (Å²) in [6, 6.07) is 9.70. The van der Waals surface area contributed by atoms with Gasteiger partial charge in [0.25, 0.3) is 0 Å². The molecule has 2 aliphatic rings. The maximum Gasteiger partial charge on any atom is 0.338 e. The predicted molar refractivity (Wildman–Crippen MR) is 123 cm³/mol. The molecule has 7 nitrogen and oxygen atoms in total. The monoisotopic (exact) mass is 474 g/mol. The minimum absolute atomic E-state index is 0.270. The number of fused-ring (bicyclic) bond motifs is 1. The molecule has 8 heteroatoms. The van der Waals surface area contributed by atoms with Gasteiger partial charge in [-0.1, -0.05) is 0 Å². The van der Waals surface area contributed by atoms with Crippen LogP contribution < -0.4 is 9.47 Å². The number of sulfone groups is 1. The average Bonchev–Trinajstić information content (AvgIpc) is 3.51. The molecule has 0 radical (unpaired) electrons. The Bertz CT molecular complexity index is 1160. The summed E-state index contributed by atoms with van der Waals surface area (Å²) in [5.41, 5.74) is -0.111. The van der Waals surface area contributed by atoms with Gasteiger partial charge in [0.15, 0.2) is 9.84 Å². The van der Waals surface area contributed by atoms with Crippen molar-refractivity contribution < 1.29 is 32.2 Å². The van der Waals surface area contributed by atoms with Crippen LogP contribution in [0.25, 0.3) is 0 Å². The lowest BCUT2D eigenvalue weighted by Crippen LogP contribution is -2.35. The zero-order chi connectivity index (χ0) is 24.0. The largest absolute Gasteiger partial charge is 0.484 e. The zero-order valence-electron chi connectivity index (χ0n) is 19.6. The summed E-state index contributed by atoms with van der Waals surface area (Å²) in [7, 11) is -1.66. The fraction of sp³-hybridized carbons (Fsp3) is 0.480. The molecule has 33 heavy (non-hydrogen) atoms. The highest BCUT2D eigenvalue weighted by molar-refractivity contribution is 7.92. The molecule has 1 aliphatic carbocycles. The van der Waals surface area contributed by atoms with Crippen LogP contribution in [0.2, 0.25) is 0 Å². The smallest absolute Gasteiger partial charge is 0.338 e. The molecule has 1 saturated carbocycles. The number of esters is 1. The first-order valence-electron chi connectivity index (χ1n) is 11.0. The van der Waals surface area contributed by atoms with Crippen LogP contribution in [0.3, 0.4) is 0 Å². The van der Waals surface area contributed by atoms with Crippen molar-refractivity contribution in [1.29, 1.82) is 0 Å². The van der Waals surface area contributed by atoms with E-state index < -0.39 is 27.0 Å². The molecular weight excluding hydrogens is 444 g/mol. The van der Waals surface area contributed by atoms with Gasteiger partial charge in [0.05, 0.1) is 22.3 Å². The van der Waals surface area contributed by atoms with E-state index in [1.807, 2.05) is 6.92 Å². The molecule has 1 aliphatic heterocycles. The molecule has 0 aromatic heterocycles. The molecule has 1 fully saturated rings. The van der Waals surface area contributed by atoms with Crippen LogP contribution in [-0.2, 0) is 25.7 Å². The van der Waals surface area contributed by atoms with Crippen LogP contribution >= 0.6 is 0 Å². The number of hydrogen-bond donors (Lipinski definition) is 0. The Balaban J connectivity index is 1.66. The number of rotatable bonds is 7. The highest BCUT2D eigenvalue weighted by Gasteiger charge is 2.39. The highest BCUT2D eigenvalue weighted by Crippen LogP contribution is 2.43. The van der Waals surface area contributed by atoms with Crippen molar-refractivity contribution in [1.82, 2.24) is 0 Å². The number of methoxy groups -OCH3 is 1. The van der Waals surface area contributed by atoms with Gasteiger partial charge in [0, 0.05) is 19.1 Å². The summed E-state index contributed by atoms with van der Waals surface area (Å²) >= 11 is 0. The molecular formula is C25H30O7S. The second kappa shape index (κ2) is 8.33. The fourth-order valence-electron chi connectivity index (χ4n) is 3.89. The van der Waals surface area contributed by atoms with Crippen LogP contribution in [0.4, 0.5) is 0 Å². The molecule has 4 rings (SSSR count). The average molecular weight is 475 g/mol. The maximum absolute atomic E-state index is 12.8. The van der Waals surface area contributed by atoms with Crippen molar-refractivity contribution >= 4 is 15.8 Å². The Hall–Kier alpha value is -2.58. The topological polar surface area (TPSA) is 88.1 Å². The Morgan fingerprint density at radius 2 is 1.82 bits per heavy atom. The molecule has 2 aromatic rings. The van der Waals surface area contributed by atoms with E-state index in [2.05, 4.69) is 0 Å². The van der Waals surface area contributed by atoms with Gasteiger partial charge in [-0.15, -0.1) is 0 Å². The number of carbonyl (C=O) groups is 1. The molecule has 1 unspecified atom stereocenters. The van der Waals surface area contributed by atoms with Crippen molar-refractivity contribution in [2.75, 3.05) is 13.7 Å². The minimum atomic E-state index is -3.27. The number of carbonyl (C=O) groups excluding carboxylic acids is 1. The molecule has 0 N–H and O–H groups in total. The van der Waals surface area contributed by atoms with Crippen LogP contribution in [0, 0.1) is 0 Å². The maximum atomic E-state index is 12.8. The second-order valence-electron chi connectivity index (χ2n) is 9.93. The molecule has 178 valence electrons. The first-order chi connectivity index (χ1) is 15.4. The van der Waals surface area contributed by atoms with E-state index in [1.54, 1.807) is 64.3 Å². The number of benzene rings is 2. The third-order valence-corrected chi connectivity index (χ3v) is 7.78. The first kappa shape index (κ1) is 23.6. The van der Waals surface area contributed by atoms with Gasteiger partial charge in [0.2, 0.25) is 0 Å². The Morgan fingerprint density at radius 3 is 2.39 bits per heavy atom. The zero-order valence-corrected chi connectivity index (χ0v) is 20.5. The Kier molecular flexibility index (Phi) is 5.95. The third kappa shape index (κ3) is 5.17. The summed E-state index contributed by atoms with van der Waals surface area (Å²) in [4.78, 5) is 13.0. The standard InChI is InChI=1S/C25H30O7S/c1-24(2,3)32-23(26)16-12-21(20-14-25(4,15-29-5)31-22(20)13-16)30-17-6-8-18(9-7-17)33(27,28)19-10-11-19/h6-9,12-13,19H,10-11,14-15H2,1-5H3. The lowest BCUT2D eigenvalue weighted by molar-refractivity contribution is 0.00656. The highest BCUT2D eigenvalue weighted by atomic mass is 32.2. The van der Waals surface area contributed by atoms with E-state index >= 15 is 0 Å². The normalized spacial score (nSPS) is 20.2. The molecule has 0 spiro atoms. The predicted octanol–water partition coefficient (Wildman–Crippen LogP) is 4.71. The summed E-state index contributed by atoms with van der Waals surface area (Å²) in [6.07, 6.45) is 1.96. The molecule has 1 atom stereocenters.